The van der Waals surface area contributed by atoms with Crippen molar-refractivity contribution in [1.82, 2.24) is 19.8 Å². The third-order valence-electron chi connectivity index (χ3n) is 8.57. The largest absolute Gasteiger partial charge is 0.444 e. The van der Waals surface area contributed by atoms with Crippen molar-refractivity contribution in [2.24, 2.45) is 0 Å². The number of amides is 2. The van der Waals surface area contributed by atoms with Gasteiger partial charge in [-0.2, -0.15) is 0 Å². The number of fused-ring (bicyclic) bond motifs is 2. The van der Waals surface area contributed by atoms with Gasteiger partial charge >= 0.3 is 6.09 Å². The first-order valence-electron chi connectivity index (χ1n) is 14.8. The van der Waals surface area contributed by atoms with Gasteiger partial charge in [0.15, 0.2) is 0 Å². The number of hydrogen-bond donors (Lipinski definition) is 2. The Labute approximate surface area is 245 Å². The third kappa shape index (κ3) is 5.50. The summed E-state index contributed by atoms with van der Waals surface area (Å²) in [7, 11) is 0. The Morgan fingerprint density at radius 2 is 1.88 bits per heavy atom. The van der Waals surface area contributed by atoms with E-state index in [0.717, 1.165) is 44.4 Å². The number of aliphatic hydroxyl groups is 1. The lowest BCUT2D eigenvalue weighted by molar-refractivity contribution is -0.161. The first-order chi connectivity index (χ1) is 20.0. The van der Waals surface area contributed by atoms with Gasteiger partial charge < -0.3 is 29.2 Å². The average molecular weight is 577 g/mol. The van der Waals surface area contributed by atoms with Crippen LogP contribution in [-0.4, -0.2) is 87.6 Å². The summed E-state index contributed by atoms with van der Waals surface area (Å²) in [4.78, 5) is 38.4. The maximum absolute atomic E-state index is 13.6. The molecule has 3 aromatic rings. The second-order valence-corrected chi connectivity index (χ2v) is 12.7. The fourth-order valence-corrected chi connectivity index (χ4v) is 6.25. The molecule has 42 heavy (non-hydrogen) atoms. The Morgan fingerprint density at radius 1 is 1.10 bits per heavy atom. The summed E-state index contributed by atoms with van der Waals surface area (Å²) in [6.45, 7) is 10.4. The van der Waals surface area contributed by atoms with E-state index in [0.29, 0.717) is 52.5 Å². The molecule has 2 saturated heterocycles. The number of nitrogens with one attached hydrogen (secondary N) is 1. The Morgan fingerprint density at radius 3 is 2.64 bits per heavy atom. The summed E-state index contributed by atoms with van der Waals surface area (Å²) in [5, 5.41) is 12.3. The molecule has 3 aliphatic rings. The first kappa shape index (κ1) is 28.6. The molecule has 0 saturated carbocycles. The number of hydrogen-bond acceptors (Lipinski definition) is 7. The highest BCUT2D eigenvalue weighted by molar-refractivity contribution is 5.86. The van der Waals surface area contributed by atoms with E-state index >= 15 is 0 Å². The molecule has 6 rings (SSSR count). The van der Waals surface area contributed by atoms with Gasteiger partial charge in [-0.05, 0) is 74.1 Å². The molecular weight excluding hydrogens is 536 g/mol. The number of aromatic amines is 1. The molecule has 2 aromatic heterocycles. The van der Waals surface area contributed by atoms with Gasteiger partial charge in [0.25, 0.3) is 5.91 Å². The van der Waals surface area contributed by atoms with Crippen LogP contribution in [-0.2, 0) is 32.0 Å². The van der Waals surface area contributed by atoms with Gasteiger partial charge in [0.1, 0.15) is 16.8 Å². The zero-order valence-electron chi connectivity index (χ0n) is 24.9. The van der Waals surface area contributed by atoms with E-state index in [4.69, 9.17) is 14.2 Å². The van der Waals surface area contributed by atoms with Crippen LogP contribution in [0.1, 0.15) is 61.9 Å². The van der Waals surface area contributed by atoms with E-state index in [1.807, 2.05) is 33.2 Å². The minimum absolute atomic E-state index is 0.257. The molecule has 224 valence electrons. The highest BCUT2D eigenvalue weighted by Gasteiger charge is 2.42. The van der Waals surface area contributed by atoms with Crippen LogP contribution < -0.4 is 0 Å². The number of H-pyrrole nitrogens is 1. The Kier molecular flexibility index (Phi) is 7.49. The van der Waals surface area contributed by atoms with E-state index in [2.05, 4.69) is 35.1 Å². The van der Waals surface area contributed by atoms with Gasteiger partial charge in [-0.15, -0.1) is 0 Å². The van der Waals surface area contributed by atoms with Crippen LogP contribution in [0.2, 0.25) is 0 Å². The van der Waals surface area contributed by atoms with Crippen LogP contribution in [0.15, 0.2) is 30.6 Å². The maximum Gasteiger partial charge on any atom is 0.410 e. The lowest BCUT2D eigenvalue weighted by Crippen LogP contribution is -2.53. The minimum atomic E-state index is -1.41. The number of aromatic nitrogens is 2. The SMILES string of the molecule is Cc1c[nH]c2ncc(-c3cc4c(c([C@@H]5COCCN5C(=O)OC(C)(C)C)c3)CN(C(=O)C3(O)CCOCC3)CC4)cc12. The second-order valence-electron chi connectivity index (χ2n) is 12.7. The molecule has 0 bridgehead atoms. The summed E-state index contributed by atoms with van der Waals surface area (Å²) >= 11 is 0. The molecule has 0 unspecified atom stereocenters. The number of aryl methyl sites for hydroxylation is 1. The third-order valence-corrected chi connectivity index (χ3v) is 8.57. The average Bonchev–Trinajstić information content (AvgIpc) is 3.35. The quantitative estimate of drug-likeness (QED) is 0.478. The number of carbonyl (C=O) groups is 2. The van der Waals surface area contributed by atoms with Crippen LogP contribution in [0.4, 0.5) is 4.79 Å². The van der Waals surface area contributed by atoms with Crippen molar-refractivity contribution < 1.29 is 28.9 Å². The van der Waals surface area contributed by atoms with Gasteiger partial charge in [0.05, 0.1) is 19.3 Å². The van der Waals surface area contributed by atoms with Crippen LogP contribution in [0.3, 0.4) is 0 Å². The van der Waals surface area contributed by atoms with Crippen molar-refractivity contribution in [1.29, 1.82) is 0 Å². The number of ether oxygens (including phenoxy) is 3. The van der Waals surface area contributed by atoms with Crippen LogP contribution in [0.25, 0.3) is 22.2 Å². The molecule has 0 aliphatic carbocycles. The summed E-state index contributed by atoms with van der Waals surface area (Å²) < 4.78 is 17.1. The zero-order chi connectivity index (χ0) is 29.6. The van der Waals surface area contributed by atoms with Crippen molar-refractivity contribution in [3.8, 4) is 11.1 Å². The molecule has 0 spiro atoms. The molecule has 2 fully saturated rings. The first-order valence-corrected chi connectivity index (χ1v) is 14.8. The lowest BCUT2D eigenvalue weighted by Gasteiger charge is -2.41. The summed E-state index contributed by atoms with van der Waals surface area (Å²) in [6, 6.07) is 6.03. The van der Waals surface area contributed by atoms with Gasteiger partial charge in [0.2, 0.25) is 0 Å². The number of carbonyl (C=O) groups excluding carboxylic acids is 2. The molecule has 1 atom stereocenters. The topological polar surface area (TPSA) is 117 Å². The Bertz CT molecular complexity index is 1500. The highest BCUT2D eigenvalue weighted by atomic mass is 16.6. The minimum Gasteiger partial charge on any atom is -0.444 e. The van der Waals surface area contributed by atoms with Crippen LogP contribution in [0.5, 0.6) is 0 Å². The van der Waals surface area contributed by atoms with E-state index in [9.17, 15) is 14.7 Å². The molecule has 10 nitrogen and oxygen atoms in total. The number of benzene rings is 1. The molecule has 10 heteroatoms. The summed E-state index contributed by atoms with van der Waals surface area (Å²) in [5.74, 6) is -0.257. The molecule has 2 N–H and O–H groups in total. The number of rotatable bonds is 3. The number of morpholine rings is 1. The normalized spacial score (nSPS) is 20.8. The summed E-state index contributed by atoms with van der Waals surface area (Å²) in [5.41, 5.74) is 4.91. The van der Waals surface area contributed by atoms with Crippen molar-refractivity contribution >= 4 is 23.0 Å². The summed E-state index contributed by atoms with van der Waals surface area (Å²) in [6.07, 6.45) is 4.65. The van der Waals surface area contributed by atoms with E-state index < -0.39 is 17.2 Å². The number of pyridine rings is 1. The van der Waals surface area contributed by atoms with E-state index in [1.165, 1.54) is 0 Å². The van der Waals surface area contributed by atoms with Gasteiger partial charge in [0, 0.05) is 69.0 Å². The second kappa shape index (κ2) is 11.0. The predicted molar refractivity (Wildman–Crippen MR) is 157 cm³/mol. The van der Waals surface area contributed by atoms with Crippen molar-refractivity contribution in [3.63, 3.8) is 0 Å². The molecule has 2 amide bonds. The van der Waals surface area contributed by atoms with E-state index in [1.54, 1.807) is 9.80 Å². The molecular formula is C32H40N4O6. The standard InChI is InChI=1S/C32H40N4O6/c1-20-16-33-28-24(20)15-23(17-34-28)22-13-21-5-8-35(29(37)32(39)6-10-40-11-7-32)18-26(21)25(14-22)27-19-41-12-9-36(27)30(38)42-31(2,3)4/h13-17,27,39H,5-12,18-19H2,1-4H3,(H,33,34)/t27-/m0/s1. The van der Waals surface area contributed by atoms with Crippen molar-refractivity contribution in [2.45, 2.75) is 70.7 Å². The fraction of sp³-hybridized carbons (Fsp3) is 0.531. The van der Waals surface area contributed by atoms with E-state index in [-0.39, 0.29) is 24.8 Å². The smallest absolute Gasteiger partial charge is 0.410 e. The lowest BCUT2D eigenvalue weighted by atomic mass is 9.85. The molecule has 0 radical (unpaired) electrons. The van der Waals surface area contributed by atoms with Crippen LogP contribution in [0, 0.1) is 6.92 Å². The van der Waals surface area contributed by atoms with Gasteiger partial charge in [-0.3, -0.25) is 9.69 Å². The van der Waals surface area contributed by atoms with Crippen LogP contribution >= 0.6 is 0 Å². The van der Waals surface area contributed by atoms with Gasteiger partial charge in [-0.25, -0.2) is 9.78 Å². The fourth-order valence-electron chi connectivity index (χ4n) is 6.25. The van der Waals surface area contributed by atoms with Crippen molar-refractivity contribution in [2.75, 3.05) is 39.5 Å². The Balaban J connectivity index is 1.42. The Hall–Kier alpha value is -3.47. The zero-order valence-corrected chi connectivity index (χ0v) is 24.9. The molecule has 5 heterocycles. The highest BCUT2D eigenvalue weighted by Crippen LogP contribution is 2.38. The van der Waals surface area contributed by atoms with Crippen molar-refractivity contribution in [3.05, 3.63) is 52.8 Å². The number of nitrogens with zero attached hydrogens (tertiary/aromatic N) is 3. The maximum atomic E-state index is 13.6. The monoisotopic (exact) mass is 576 g/mol. The van der Waals surface area contributed by atoms with Gasteiger partial charge in [-0.1, -0.05) is 6.07 Å². The molecule has 1 aromatic carbocycles. The molecule has 3 aliphatic heterocycles. The predicted octanol–water partition coefficient (Wildman–Crippen LogP) is 4.27.